The largest absolute Gasteiger partial charge is 0.492 e. The Morgan fingerprint density at radius 1 is 0.391 bits per heavy atom. The van der Waals surface area contributed by atoms with Crippen molar-refractivity contribution in [2.24, 2.45) is 0 Å². The van der Waals surface area contributed by atoms with E-state index < -0.39 is 7.12 Å². The summed E-state index contributed by atoms with van der Waals surface area (Å²) in [5.41, 5.74) is 7.83. The van der Waals surface area contributed by atoms with Crippen molar-refractivity contribution in [1.29, 1.82) is 0 Å². The molecule has 0 aliphatic rings. The lowest BCUT2D eigenvalue weighted by molar-refractivity contribution is 0.426. The molecule has 0 fully saturated rings. The molecule has 8 aromatic carbocycles. The minimum Gasteiger partial charge on any atom is -0.456 e. The Labute approximate surface area is 265 Å². The van der Waals surface area contributed by atoms with Crippen molar-refractivity contribution in [3.8, 4) is 33.4 Å². The Morgan fingerprint density at radius 3 is 1.48 bits per heavy atom. The number of benzene rings is 8. The van der Waals surface area contributed by atoms with Crippen molar-refractivity contribution in [2.75, 3.05) is 0 Å². The van der Waals surface area contributed by atoms with E-state index in [4.69, 9.17) is 4.42 Å². The van der Waals surface area contributed by atoms with Gasteiger partial charge in [-0.25, -0.2) is 0 Å². The molecule has 216 valence electrons. The van der Waals surface area contributed by atoms with E-state index in [1.807, 2.05) is 48.5 Å². The van der Waals surface area contributed by atoms with Gasteiger partial charge in [0.2, 0.25) is 0 Å². The fourth-order valence-corrected chi connectivity index (χ4v) is 7.40. The molecule has 0 spiro atoms. The maximum atomic E-state index is 11.0. The molecular weight excluding hydrogens is 563 g/mol. The zero-order chi connectivity index (χ0) is 30.8. The molecule has 0 bridgehead atoms. The van der Waals surface area contributed by atoms with Gasteiger partial charge in [-0.1, -0.05) is 140 Å². The summed E-state index contributed by atoms with van der Waals surface area (Å²) in [4.78, 5) is 0. The average molecular weight is 590 g/mol. The molecule has 0 amide bonds. The number of furan rings is 1. The van der Waals surface area contributed by atoms with Crippen molar-refractivity contribution < 1.29 is 14.5 Å². The number of para-hydroxylation sites is 1. The lowest BCUT2D eigenvalue weighted by Crippen LogP contribution is -2.32. The van der Waals surface area contributed by atoms with Crippen molar-refractivity contribution in [1.82, 2.24) is 0 Å². The SMILES string of the molecule is OB(O)c1c(-c2ccc3c(-c4ccccc4)c4ccccc4c(-c4ccccc4)c3c2)c2ccccc2c2c1oc1ccccc12. The van der Waals surface area contributed by atoms with Crippen LogP contribution >= 0.6 is 0 Å². The standard InChI is InChI=1S/C42H27BO3/c44-43(45)41-39(31-19-9-10-20-32(31)40-34-21-11-12-22-36(34)46-42(40)41)28-23-24-33-35(25-28)38(27-15-5-2-6-16-27)30-18-8-7-17-29(30)37(33)26-13-3-1-4-14-26/h1-25,44-45H. The first-order valence-corrected chi connectivity index (χ1v) is 15.5. The maximum Gasteiger partial charge on any atom is 0.492 e. The molecule has 2 N–H and O–H groups in total. The van der Waals surface area contributed by atoms with Crippen LogP contribution in [-0.2, 0) is 0 Å². The molecule has 9 rings (SSSR count). The second-order valence-corrected chi connectivity index (χ2v) is 11.8. The van der Waals surface area contributed by atoms with Crippen LogP contribution in [0, 0.1) is 0 Å². The Bertz CT molecular complexity index is 2600. The normalized spacial score (nSPS) is 11.7. The van der Waals surface area contributed by atoms with Gasteiger partial charge < -0.3 is 14.5 Å². The summed E-state index contributed by atoms with van der Waals surface area (Å²) < 4.78 is 6.41. The Hall–Kier alpha value is -5.68. The molecule has 0 aliphatic heterocycles. The predicted octanol–water partition coefficient (Wildman–Crippen LogP) is 9.73. The third kappa shape index (κ3) is 3.95. The smallest absolute Gasteiger partial charge is 0.456 e. The Kier molecular flexibility index (Phi) is 6.07. The van der Waals surface area contributed by atoms with Gasteiger partial charge in [0.25, 0.3) is 0 Å². The van der Waals surface area contributed by atoms with Gasteiger partial charge in [-0.2, -0.15) is 0 Å². The van der Waals surface area contributed by atoms with E-state index in [0.29, 0.717) is 16.6 Å². The van der Waals surface area contributed by atoms with Crippen LogP contribution < -0.4 is 5.46 Å². The van der Waals surface area contributed by atoms with Crippen LogP contribution in [0.5, 0.6) is 0 Å². The number of hydrogen-bond donors (Lipinski definition) is 2. The fourth-order valence-electron chi connectivity index (χ4n) is 7.40. The van der Waals surface area contributed by atoms with Crippen LogP contribution in [-0.4, -0.2) is 17.2 Å². The number of rotatable bonds is 4. The van der Waals surface area contributed by atoms with Crippen molar-refractivity contribution in [3.63, 3.8) is 0 Å². The van der Waals surface area contributed by atoms with E-state index in [2.05, 4.69) is 103 Å². The highest BCUT2D eigenvalue weighted by Crippen LogP contribution is 2.46. The average Bonchev–Trinajstić information content (AvgIpc) is 3.50. The highest BCUT2D eigenvalue weighted by atomic mass is 16.4. The first kappa shape index (κ1) is 26.7. The van der Waals surface area contributed by atoms with Crippen LogP contribution in [0.1, 0.15) is 0 Å². The Balaban J connectivity index is 1.47. The van der Waals surface area contributed by atoms with Crippen molar-refractivity contribution in [2.45, 2.75) is 0 Å². The number of hydrogen-bond acceptors (Lipinski definition) is 3. The van der Waals surface area contributed by atoms with Gasteiger partial charge in [-0.3, -0.25) is 0 Å². The summed E-state index contributed by atoms with van der Waals surface area (Å²) in [5, 5.41) is 30.4. The monoisotopic (exact) mass is 590 g/mol. The van der Waals surface area contributed by atoms with Gasteiger partial charge in [0.1, 0.15) is 11.2 Å². The molecule has 0 unspecified atom stereocenters. The quantitative estimate of drug-likeness (QED) is 0.159. The van der Waals surface area contributed by atoms with Gasteiger partial charge in [0, 0.05) is 16.2 Å². The molecule has 0 saturated carbocycles. The van der Waals surface area contributed by atoms with Gasteiger partial charge in [0.15, 0.2) is 0 Å². The van der Waals surface area contributed by atoms with Gasteiger partial charge in [0.05, 0.1) is 0 Å². The van der Waals surface area contributed by atoms with Gasteiger partial charge >= 0.3 is 7.12 Å². The second-order valence-electron chi connectivity index (χ2n) is 11.8. The zero-order valence-corrected chi connectivity index (χ0v) is 24.8. The van der Waals surface area contributed by atoms with Crippen LogP contribution in [0.25, 0.3) is 87.6 Å². The minimum atomic E-state index is -1.75. The van der Waals surface area contributed by atoms with Crippen LogP contribution in [0.4, 0.5) is 0 Å². The lowest BCUT2D eigenvalue weighted by Gasteiger charge is -2.20. The maximum absolute atomic E-state index is 11.0. The van der Waals surface area contributed by atoms with E-state index in [0.717, 1.165) is 65.5 Å². The zero-order valence-electron chi connectivity index (χ0n) is 24.8. The molecule has 1 heterocycles. The molecule has 3 nitrogen and oxygen atoms in total. The first-order chi connectivity index (χ1) is 22.7. The Morgan fingerprint density at radius 2 is 0.870 bits per heavy atom. The summed E-state index contributed by atoms with van der Waals surface area (Å²) >= 11 is 0. The van der Waals surface area contributed by atoms with E-state index >= 15 is 0 Å². The third-order valence-corrected chi connectivity index (χ3v) is 9.27. The van der Waals surface area contributed by atoms with Crippen molar-refractivity contribution in [3.05, 3.63) is 152 Å². The molecule has 4 heteroatoms. The summed E-state index contributed by atoms with van der Waals surface area (Å²) in [5.74, 6) is 0. The van der Waals surface area contributed by atoms with E-state index in [-0.39, 0.29) is 0 Å². The summed E-state index contributed by atoms with van der Waals surface area (Å²) in [6.45, 7) is 0. The molecule has 1 aromatic heterocycles. The van der Waals surface area contributed by atoms with E-state index in [9.17, 15) is 10.0 Å². The van der Waals surface area contributed by atoms with Crippen molar-refractivity contribution >= 4 is 66.8 Å². The lowest BCUT2D eigenvalue weighted by atomic mass is 9.72. The summed E-state index contributed by atoms with van der Waals surface area (Å²) in [6.07, 6.45) is 0. The number of fused-ring (bicyclic) bond motifs is 7. The van der Waals surface area contributed by atoms with E-state index in [1.165, 1.54) is 10.9 Å². The minimum absolute atomic E-state index is 0.370. The second kappa shape index (κ2) is 10.5. The molecule has 0 atom stereocenters. The highest BCUT2D eigenvalue weighted by molar-refractivity contribution is 6.65. The predicted molar refractivity (Wildman–Crippen MR) is 192 cm³/mol. The van der Waals surface area contributed by atoms with Gasteiger partial charge in [-0.15, -0.1) is 0 Å². The first-order valence-electron chi connectivity index (χ1n) is 15.5. The van der Waals surface area contributed by atoms with Crippen LogP contribution in [0.15, 0.2) is 156 Å². The molecule has 9 aromatic rings. The van der Waals surface area contributed by atoms with Crippen LogP contribution in [0.2, 0.25) is 0 Å². The molecular formula is C42H27BO3. The van der Waals surface area contributed by atoms with Gasteiger partial charge in [-0.05, 0) is 77.8 Å². The van der Waals surface area contributed by atoms with E-state index in [1.54, 1.807) is 0 Å². The fraction of sp³-hybridized carbons (Fsp3) is 0. The molecule has 46 heavy (non-hydrogen) atoms. The summed E-state index contributed by atoms with van der Waals surface area (Å²) in [7, 11) is -1.75. The summed E-state index contributed by atoms with van der Waals surface area (Å²) in [6, 6.07) is 52.3. The van der Waals surface area contributed by atoms with Crippen LogP contribution in [0.3, 0.4) is 0 Å². The molecule has 0 radical (unpaired) electrons. The topological polar surface area (TPSA) is 53.6 Å². The molecule has 0 saturated heterocycles. The third-order valence-electron chi connectivity index (χ3n) is 9.27. The highest BCUT2D eigenvalue weighted by Gasteiger charge is 2.28. The molecule has 0 aliphatic carbocycles.